The topological polar surface area (TPSA) is 86.3 Å². The van der Waals surface area contributed by atoms with Crippen molar-refractivity contribution in [2.45, 2.75) is 31.9 Å². The van der Waals surface area contributed by atoms with E-state index < -0.39 is 0 Å². The Labute approximate surface area is 176 Å². The number of unbranched alkanes of at least 4 members (excludes halogenated alkanes) is 1. The molecule has 0 radical (unpaired) electrons. The third-order valence-corrected chi connectivity index (χ3v) is 4.68. The summed E-state index contributed by atoms with van der Waals surface area (Å²) in [6, 6.07) is 17.6. The van der Waals surface area contributed by atoms with Gasteiger partial charge in [-0.25, -0.2) is 0 Å². The molecule has 0 saturated heterocycles. The van der Waals surface area contributed by atoms with Crippen LogP contribution in [0.4, 0.5) is 0 Å². The zero-order valence-electron chi connectivity index (χ0n) is 16.6. The Bertz CT molecular complexity index is 793. The van der Waals surface area contributed by atoms with Crippen molar-refractivity contribution in [3.8, 4) is 5.75 Å². The minimum Gasteiger partial charge on any atom is -0.494 e. The highest BCUT2D eigenvalue weighted by Gasteiger charge is 2.01. The predicted molar refractivity (Wildman–Crippen MR) is 119 cm³/mol. The number of ether oxygens (including phenoxy) is 2. The maximum absolute atomic E-state index is 11.2. The molecule has 0 amide bonds. The summed E-state index contributed by atoms with van der Waals surface area (Å²) in [6.45, 7) is 2.80. The monoisotopic (exact) mass is 413 g/mol. The lowest BCUT2D eigenvalue weighted by molar-refractivity contribution is -0.143. The maximum Gasteiger partial charge on any atom is 0.305 e. The maximum atomic E-state index is 11.2. The Balaban J connectivity index is 1.67. The molecule has 0 fully saturated rings. The van der Waals surface area contributed by atoms with Crippen LogP contribution < -0.4 is 10.5 Å². The van der Waals surface area contributed by atoms with Crippen molar-refractivity contribution in [1.29, 1.82) is 0 Å². The smallest absolute Gasteiger partial charge is 0.305 e. The molecule has 0 bridgehead atoms. The van der Waals surface area contributed by atoms with Crippen LogP contribution in [0.2, 0.25) is 0 Å². The normalized spacial score (nSPS) is 11.6. The number of benzene rings is 2. The van der Waals surface area contributed by atoms with Crippen LogP contribution in [0, 0.1) is 0 Å². The molecule has 29 heavy (non-hydrogen) atoms. The van der Waals surface area contributed by atoms with Crippen LogP contribution in [0.3, 0.4) is 0 Å². The summed E-state index contributed by atoms with van der Waals surface area (Å²) >= 11 is 1.45. The molecule has 0 heterocycles. The van der Waals surface area contributed by atoms with E-state index in [4.69, 9.17) is 15.2 Å². The summed E-state index contributed by atoms with van der Waals surface area (Å²) in [7, 11) is 0. The van der Waals surface area contributed by atoms with Crippen molar-refractivity contribution in [3.63, 3.8) is 0 Å². The molecule has 0 aliphatic carbocycles. The van der Waals surface area contributed by atoms with Gasteiger partial charge in [0.25, 0.3) is 0 Å². The van der Waals surface area contributed by atoms with E-state index >= 15 is 0 Å². The Morgan fingerprint density at radius 3 is 2.59 bits per heavy atom. The van der Waals surface area contributed by atoms with Gasteiger partial charge in [0.1, 0.15) is 5.75 Å². The first-order valence-corrected chi connectivity index (χ1v) is 10.6. The van der Waals surface area contributed by atoms with Gasteiger partial charge in [0.05, 0.1) is 19.4 Å². The number of nitrogens with two attached hydrogens (primary N) is 1. The fourth-order valence-electron chi connectivity index (χ4n) is 2.36. The van der Waals surface area contributed by atoms with Gasteiger partial charge >= 0.3 is 5.97 Å². The lowest BCUT2D eigenvalue weighted by Crippen LogP contribution is -2.06. The average Bonchev–Trinajstić information content (AvgIpc) is 2.74. The van der Waals surface area contributed by atoms with Gasteiger partial charge in [-0.3, -0.25) is 4.79 Å². The van der Waals surface area contributed by atoms with E-state index in [-0.39, 0.29) is 5.97 Å². The second-order valence-electron chi connectivity index (χ2n) is 6.14. The minimum absolute atomic E-state index is 0.155. The second kappa shape index (κ2) is 13.4. The first-order valence-electron chi connectivity index (χ1n) is 9.59. The largest absolute Gasteiger partial charge is 0.494 e. The van der Waals surface area contributed by atoms with Gasteiger partial charge in [0.2, 0.25) is 0 Å². The number of nitrogens with zero attached hydrogens (tertiary/aromatic N) is 2. The lowest BCUT2D eigenvalue weighted by Gasteiger charge is -2.06. The fourth-order valence-corrected chi connectivity index (χ4v) is 2.97. The highest BCUT2D eigenvalue weighted by atomic mass is 32.2. The van der Waals surface area contributed by atoms with Gasteiger partial charge in [-0.05, 0) is 55.2 Å². The Morgan fingerprint density at radius 2 is 1.86 bits per heavy atom. The van der Waals surface area contributed by atoms with E-state index in [1.54, 1.807) is 6.21 Å². The molecule has 0 atom stereocenters. The van der Waals surface area contributed by atoms with Gasteiger partial charge in [0, 0.05) is 12.2 Å². The second-order valence-corrected chi connectivity index (χ2v) is 7.13. The number of thioether (sulfide) groups is 1. The Morgan fingerprint density at radius 1 is 1.10 bits per heavy atom. The molecule has 7 heteroatoms. The zero-order valence-corrected chi connectivity index (χ0v) is 17.4. The van der Waals surface area contributed by atoms with Crippen LogP contribution in [0.25, 0.3) is 0 Å². The molecular weight excluding hydrogens is 386 g/mol. The average molecular weight is 414 g/mol. The Kier molecular flexibility index (Phi) is 10.4. The molecule has 0 saturated carbocycles. The van der Waals surface area contributed by atoms with Crippen LogP contribution in [0.15, 0.2) is 64.8 Å². The SMILES string of the molecule is CCOC(=O)CCCCOc1ccc(C=NN=C(N)SCc2ccccc2)cc1. The molecule has 0 aliphatic rings. The summed E-state index contributed by atoms with van der Waals surface area (Å²) < 4.78 is 10.6. The third kappa shape index (κ3) is 9.80. The highest BCUT2D eigenvalue weighted by Crippen LogP contribution is 2.13. The van der Waals surface area contributed by atoms with Gasteiger partial charge in [-0.15, -0.1) is 5.10 Å². The van der Waals surface area contributed by atoms with E-state index in [1.807, 2.05) is 61.5 Å². The van der Waals surface area contributed by atoms with E-state index in [9.17, 15) is 4.79 Å². The number of esters is 1. The van der Waals surface area contributed by atoms with E-state index in [0.29, 0.717) is 24.8 Å². The quantitative estimate of drug-likeness (QED) is 0.194. The number of hydrogen-bond donors (Lipinski definition) is 1. The van der Waals surface area contributed by atoms with Gasteiger partial charge < -0.3 is 15.2 Å². The minimum atomic E-state index is -0.155. The molecule has 0 unspecified atom stereocenters. The van der Waals surface area contributed by atoms with Crippen LogP contribution >= 0.6 is 11.8 Å². The van der Waals surface area contributed by atoms with Gasteiger partial charge in [-0.2, -0.15) is 5.10 Å². The molecule has 2 N–H and O–H groups in total. The fraction of sp³-hybridized carbons (Fsp3) is 0.318. The molecule has 6 nitrogen and oxygen atoms in total. The molecule has 154 valence electrons. The number of carbonyl (C=O) groups is 1. The van der Waals surface area contributed by atoms with E-state index in [2.05, 4.69) is 10.2 Å². The summed E-state index contributed by atoms with van der Waals surface area (Å²) in [4.78, 5) is 11.2. The predicted octanol–water partition coefficient (Wildman–Crippen LogP) is 4.38. The summed E-state index contributed by atoms with van der Waals surface area (Å²) in [5.41, 5.74) is 7.97. The molecule has 2 rings (SSSR count). The van der Waals surface area contributed by atoms with Crippen molar-refractivity contribution in [3.05, 3.63) is 65.7 Å². The van der Waals surface area contributed by atoms with Crippen LogP contribution in [0.1, 0.15) is 37.3 Å². The van der Waals surface area contributed by atoms with E-state index in [0.717, 1.165) is 29.9 Å². The number of carbonyl (C=O) groups excluding carboxylic acids is 1. The first kappa shape index (κ1) is 22.5. The first-order chi connectivity index (χ1) is 14.2. The molecule has 0 aliphatic heterocycles. The van der Waals surface area contributed by atoms with Crippen LogP contribution in [-0.2, 0) is 15.3 Å². The van der Waals surface area contributed by atoms with Gasteiger partial charge in [0.15, 0.2) is 5.17 Å². The van der Waals surface area contributed by atoms with Crippen molar-refractivity contribution < 1.29 is 14.3 Å². The van der Waals surface area contributed by atoms with Crippen molar-refractivity contribution in [2.75, 3.05) is 13.2 Å². The molecular formula is C22H27N3O3S. The van der Waals surface area contributed by atoms with Crippen molar-refractivity contribution in [2.24, 2.45) is 15.9 Å². The molecule has 2 aromatic rings. The summed E-state index contributed by atoms with van der Waals surface area (Å²) in [5.74, 6) is 1.38. The molecule has 2 aromatic carbocycles. The highest BCUT2D eigenvalue weighted by molar-refractivity contribution is 8.13. The van der Waals surface area contributed by atoms with Crippen molar-refractivity contribution >= 4 is 29.1 Å². The lowest BCUT2D eigenvalue weighted by atomic mass is 10.2. The number of hydrogen-bond acceptors (Lipinski definition) is 6. The zero-order chi connectivity index (χ0) is 20.7. The summed E-state index contributed by atoms with van der Waals surface area (Å²) in [5, 5.41) is 8.47. The van der Waals surface area contributed by atoms with E-state index in [1.165, 1.54) is 17.3 Å². The molecule has 0 spiro atoms. The van der Waals surface area contributed by atoms with Crippen LogP contribution in [-0.4, -0.2) is 30.6 Å². The summed E-state index contributed by atoms with van der Waals surface area (Å²) in [6.07, 6.45) is 3.64. The standard InChI is InChI=1S/C22H27N3O3S/c1-2-27-21(26)10-6-7-15-28-20-13-11-18(12-14-20)16-24-25-22(23)29-17-19-8-4-3-5-9-19/h3-5,8-9,11-14,16H,2,6-7,10,15,17H2,1H3,(H2,23,25). The third-order valence-electron chi connectivity index (χ3n) is 3.82. The Hall–Kier alpha value is -2.80. The van der Waals surface area contributed by atoms with Gasteiger partial charge in [-0.1, -0.05) is 42.1 Å². The number of amidine groups is 1. The van der Waals surface area contributed by atoms with Crippen molar-refractivity contribution in [1.82, 2.24) is 0 Å². The number of rotatable bonds is 11. The molecule has 0 aromatic heterocycles. The van der Waals surface area contributed by atoms with Crippen LogP contribution in [0.5, 0.6) is 5.75 Å².